The summed E-state index contributed by atoms with van der Waals surface area (Å²) in [5, 5.41) is 5.18. The molecule has 4 rings (SSSR count). The van der Waals surface area contributed by atoms with Crippen LogP contribution in [0.2, 0.25) is 0 Å². The number of hydrogen-bond acceptors (Lipinski definition) is 6. The Morgan fingerprint density at radius 1 is 1.07 bits per heavy atom. The van der Waals surface area contributed by atoms with Crippen LogP contribution in [0, 0.1) is 6.92 Å². The number of ether oxygens (including phenoxy) is 1. The van der Waals surface area contributed by atoms with Crippen molar-refractivity contribution in [1.29, 1.82) is 0 Å². The van der Waals surface area contributed by atoms with Gasteiger partial charge in [0.1, 0.15) is 18.1 Å². The Morgan fingerprint density at radius 3 is 2.50 bits per heavy atom. The van der Waals surface area contributed by atoms with Gasteiger partial charge in [0.05, 0.1) is 5.39 Å². The van der Waals surface area contributed by atoms with E-state index in [4.69, 9.17) is 9.15 Å². The first-order chi connectivity index (χ1) is 14.6. The third-order valence-corrected chi connectivity index (χ3v) is 4.75. The van der Waals surface area contributed by atoms with E-state index in [0.29, 0.717) is 34.7 Å². The summed E-state index contributed by atoms with van der Waals surface area (Å²) in [6.07, 6.45) is 0.722. The summed E-state index contributed by atoms with van der Waals surface area (Å²) in [5.74, 6) is 0.439. The van der Waals surface area contributed by atoms with Gasteiger partial charge in [-0.3, -0.25) is 4.79 Å². The maximum absolute atomic E-state index is 12.8. The average molecular weight is 403 g/mol. The molecule has 0 spiro atoms. The molecule has 0 saturated carbocycles. The number of aromatic nitrogens is 3. The van der Waals surface area contributed by atoms with E-state index >= 15 is 0 Å². The van der Waals surface area contributed by atoms with E-state index in [1.54, 1.807) is 31.2 Å². The third-order valence-electron chi connectivity index (χ3n) is 4.75. The van der Waals surface area contributed by atoms with Crippen molar-refractivity contribution < 1.29 is 13.9 Å². The van der Waals surface area contributed by atoms with Crippen molar-refractivity contribution in [3.63, 3.8) is 0 Å². The van der Waals surface area contributed by atoms with Crippen LogP contribution in [0.4, 0.5) is 0 Å². The smallest absolute Gasteiger partial charge is 0.359 e. The molecule has 0 radical (unpaired) electrons. The number of aryl methyl sites for hydroxylation is 2. The summed E-state index contributed by atoms with van der Waals surface area (Å²) in [6, 6.07) is 16.4. The molecule has 30 heavy (non-hydrogen) atoms. The maximum atomic E-state index is 12.8. The number of esters is 1. The molecule has 2 heterocycles. The second-order valence-electron chi connectivity index (χ2n) is 6.89. The molecule has 0 aliphatic carbocycles. The van der Waals surface area contributed by atoms with E-state index in [0.717, 1.165) is 12.0 Å². The first kappa shape index (κ1) is 19.6. The molecular formula is C23H21N3O4. The Bertz CT molecular complexity index is 1260. The third kappa shape index (κ3) is 3.74. The number of carbonyl (C=O) groups excluding carboxylic acids is 1. The minimum atomic E-state index is -0.611. The molecule has 4 aromatic rings. The predicted octanol–water partition coefficient (Wildman–Crippen LogP) is 4.13. The fraction of sp³-hybridized carbons (Fsp3) is 0.217. The zero-order valence-electron chi connectivity index (χ0n) is 16.8. The van der Waals surface area contributed by atoms with Gasteiger partial charge in [-0.15, -0.1) is 0 Å². The molecular weight excluding hydrogens is 382 g/mol. The lowest BCUT2D eigenvalue weighted by Crippen LogP contribution is -2.26. The Balaban J connectivity index is 1.61. The van der Waals surface area contributed by atoms with Crippen LogP contribution in [-0.4, -0.2) is 20.7 Å². The molecule has 7 nitrogen and oxygen atoms in total. The van der Waals surface area contributed by atoms with Gasteiger partial charge >= 0.3 is 5.97 Å². The van der Waals surface area contributed by atoms with Crippen molar-refractivity contribution in [3.8, 4) is 11.5 Å². The van der Waals surface area contributed by atoms with Gasteiger partial charge in [0, 0.05) is 17.5 Å². The van der Waals surface area contributed by atoms with E-state index < -0.39 is 5.97 Å². The van der Waals surface area contributed by atoms with Gasteiger partial charge in [-0.25, -0.2) is 14.5 Å². The zero-order valence-corrected chi connectivity index (χ0v) is 16.8. The zero-order chi connectivity index (χ0) is 21.1. The van der Waals surface area contributed by atoms with Gasteiger partial charge in [0.15, 0.2) is 5.69 Å². The van der Waals surface area contributed by atoms with Crippen molar-refractivity contribution in [2.45, 2.75) is 33.4 Å². The Kier molecular flexibility index (Phi) is 5.43. The van der Waals surface area contributed by atoms with Gasteiger partial charge in [-0.2, -0.15) is 5.10 Å². The lowest BCUT2D eigenvalue weighted by Gasteiger charge is -2.10. The lowest BCUT2D eigenvalue weighted by atomic mass is 10.1. The number of hydrogen-bond donors (Lipinski definition) is 0. The van der Waals surface area contributed by atoms with Crippen LogP contribution in [0.25, 0.3) is 22.2 Å². The van der Waals surface area contributed by atoms with Crippen LogP contribution < -0.4 is 5.56 Å². The lowest BCUT2D eigenvalue weighted by molar-refractivity contribution is 0.0459. The molecule has 2 aromatic carbocycles. The van der Waals surface area contributed by atoms with Crippen molar-refractivity contribution in [2.24, 2.45) is 0 Å². The molecule has 0 N–H and O–H groups in total. The van der Waals surface area contributed by atoms with Crippen molar-refractivity contribution in [2.75, 3.05) is 0 Å². The molecule has 0 aliphatic rings. The van der Waals surface area contributed by atoms with Crippen LogP contribution in [0.5, 0.6) is 0 Å². The molecule has 0 saturated heterocycles. The number of nitrogens with zero attached hydrogens (tertiary/aromatic N) is 3. The topological polar surface area (TPSA) is 87.2 Å². The first-order valence-electron chi connectivity index (χ1n) is 9.77. The van der Waals surface area contributed by atoms with Crippen molar-refractivity contribution in [1.82, 2.24) is 14.8 Å². The monoisotopic (exact) mass is 403 g/mol. The Morgan fingerprint density at radius 2 is 1.77 bits per heavy atom. The quantitative estimate of drug-likeness (QED) is 0.450. The average Bonchev–Trinajstić information content (AvgIpc) is 3.15. The standard InChI is InChI=1S/C23H21N3O4/c1-3-13-26-22(27)18-12-8-7-11-17(18)20(25-26)23(28)29-14-19-15(2)30-21(24-19)16-9-5-4-6-10-16/h4-12H,3,13-14H2,1-2H3. The van der Waals surface area contributed by atoms with Gasteiger partial charge < -0.3 is 9.15 Å². The number of carbonyl (C=O) groups is 1. The van der Waals surface area contributed by atoms with Gasteiger partial charge in [-0.05, 0) is 31.5 Å². The summed E-state index contributed by atoms with van der Waals surface area (Å²) in [7, 11) is 0. The van der Waals surface area contributed by atoms with Crippen molar-refractivity contribution >= 4 is 16.7 Å². The van der Waals surface area contributed by atoms with E-state index in [1.807, 2.05) is 37.3 Å². The second kappa shape index (κ2) is 8.32. The van der Waals surface area contributed by atoms with Crippen LogP contribution in [0.1, 0.15) is 35.3 Å². The van der Waals surface area contributed by atoms with E-state index in [1.165, 1.54) is 4.68 Å². The number of rotatable bonds is 6. The highest BCUT2D eigenvalue weighted by molar-refractivity contribution is 6.02. The van der Waals surface area contributed by atoms with E-state index in [2.05, 4.69) is 10.1 Å². The molecule has 2 aromatic heterocycles. The van der Waals surface area contributed by atoms with Gasteiger partial charge in [0.2, 0.25) is 5.89 Å². The largest absolute Gasteiger partial charge is 0.454 e. The summed E-state index contributed by atoms with van der Waals surface area (Å²) in [6.45, 7) is 4.09. The Labute approximate surface area is 172 Å². The van der Waals surface area contributed by atoms with Gasteiger partial charge in [-0.1, -0.05) is 43.3 Å². The van der Waals surface area contributed by atoms with Gasteiger partial charge in [0.25, 0.3) is 5.56 Å². The fourth-order valence-electron chi connectivity index (χ4n) is 3.22. The summed E-state index contributed by atoms with van der Waals surface area (Å²) < 4.78 is 12.5. The van der Waals surface area contributed by atoms with Crippen LogP contribution in [0.15, 0.2) is 63.8 Å². The van der Waals surface area contributed by atoms with Crippen LogP contribution in [-0.2, 0) is 17.9 Å². The summed E-state index contributed by atoms with van der Waals surface area (Å²) >= 11 is 0. The molecule has 0 atom stereocenters. The highest BCUT2D eigenvalue weighted by atomic mass is 16.5. The number of oxazole rings is 1. The minimum Gasteiger partial charge on any atom is -0.454 e. The molecule has 0 amide bonds. The second-order valence-corrected chi connectivity index (χ2v) is 6.89. The van der Waals surface area contributed by atoms with Crippen LogP contribution >= 0.6 is 0 Å². The van der Waals surface area contributed by atoms with Crippen LogP contribution in [0.3, 0.4) is 0 Å². The van der Waals surface area contributed by atoms with E-state index in [9.17, 15) is 9.59 Å². The normalized spacial score (nSPS) is 11.0. The molecule has 152 valence electrons. The molecule has 0 bridgehead atoms. The number of fused-ring (bicyclic) bond motifs is 1. The molecule has 0 fully saturated rings. The predicted molar refractivity (Wildman–Crippen MR) is 112 cm³/mol. The minimum absolute atomic E-state index is 0.0517. The highest BCUT2D eigenvalue weighted by Gasteiger charge is 2.19. The van der Waals surface area contributed by atoms with Crippen molar-refractivity contribution in [3.05, 3.63) is 82.1 Å². The molecule has 7 heteroatoms. The molecule has 0 aliphatic heterocycles. The number of benzene rings is 2. The SMILES string of the molecule is CCCn1nc(C(=O)OCc2nc(-c3ccccc3)oc2C)c2ccccc2c1=O. The first-order valence-corrected chi connectivity index (χ1v) is 9.77. The maximum Gasteiger partial charge on any atom is 0.359 e. The van der Waals surface area contributed by atoms with E-state index in [-0.39, 0.29) is 17.9 Å². The fourth-order valence-corrected chi connectivity index (χ4v) is 3.22. The highest BCUT2D eigenvalue weighted by Crippen LogP contribution is 2.22. The molecule has 0 unspecified atom stereocenters. The summed E-state index contributed by atoms with van der Waals surface area (Å²) in [4.78, 5) is 29.9. The Hall–Kier alpha value is -3.74. The summed E-state index contributed by atoms with van der Waals surface area (Å²) in [5.41, 5.74) is 1.28.